The standard InChI is InChI=1S/C24H23Cl3N4O/c25-16-8-7-15-5-4-6-18-22(24(32)29-30-11-2-1-3-12-30)28-31(23(18)19(15)13-16)21-10-9-17(26)14-20(21)27/h7-10,13-14H,1-6,11-12H2,(H,29,32). The highest BCUT2D eigenvalue weighted by atomic mass is 35.5. The number of hydrogen-bond acceptors (Lipinski definition) is 3. The van der Waals surface area contributed by atoms with E-state index in [-0.39, 0.29) is 5.91 Å². The number of halogens is 3. The number of fused-ring (bicyclic) bond motifs is 3. The summed E-state index contributed by atoms with van der Waals surface area (Å²) >= 11 is 19.1. The number of nitrogens with zero attached hydrogens (tertiary/aromatic N) is 3. The van der Waals surface area contributed by atoms with E-state index in [0.717, 1.165) is 62.0 Å². The summed E-state index contributed by atoms with van der Waals surface area (Å²) in [6.07, 6.45) is 5.94. The fourth-order valence-electron chi connectivity index (χ4n) is 4.62. The molecule has 5 rings (SSSR count). The van der Waals surface area contributed by atoms with Gasteiger partial charge >= 0.3 is 0 Å². The van der Waals surface area contributed by atoms with Gasteiger partial charge in [0.2, 0.25) is 0 Å². The van der Waals surface area contributed by atoms with E-state index in [9.17, 15) is 4.79 Å². The van der Waals surface area contributed by atoms with E-state index in [4.69, 9.17) is 39.9 Å². The number of hydrazine groups is 1. The van der Waals surface area contributed by atoms with Crippen molar-refractivity contribution in [3.05, 3.63) is 68.3 Å². The third-order valence-electron chi connectivity index (χ3n) is 6.15. The van der Waals surface area contributed by atoms with E-state index < -0.39 is 0 Å². The normalized spacial score (nSPS) is 16.2. The van der Waals surface area contributed by atoms with Gasteiger partial charge in [-0.2, -0.15) is 5.10 Å². The van der Waals surface area contributed by atoms with Crippen LogP contribution in [0.3, 0.4) is 0 Å². The van der Waals surface area contributed by atoms with Crippen LogP contribution in [0.1, 0.15) is 47.3 Å². The topological polar surface area (TPSA) is 50.2 Å². The molecule has 3 aromatic rings. The monoisotopic (exact) mass is 488 g/mol. The molecular weight excluding hydrogens is 467 g/mol. The molecule has 1 N–H and O–H groups in total. The number of hydrogen-bond donors (Lipinski definition) is 1. The summed E-state index contributed by atoms with van der Waals surface area (Å²) < 4.78 is 1.78. The van der Waals surface area contributed by atoms with Crippen LogP contribution in [0.15, 0.2) is 36.4 Å². The Morgan fingerprint density at radius 1 is 0.906 bits per heavy atom. The Kier molecular flexibility index (Phi) is 6.17. The highest BCUT2D eigenvalue weighted by Gasteiger charge is 2.29. The van der Waals surface area contributed by atoms with Crippen LogP contribution in [0, 0.1) is 0 Å². The lowest BCUT2D eigenvalue weighted by atomic mass is 10.0. The Morgan fingerprint density at radius 2 is 1.66 bits per heavy atom. The molecule has 2 heterocycles. The van der Waals surface area contributed by atoms with Crippen molar-refractivity contribution in [3.8, 4) is 16.9 Å². The molecule has 0 spiro atoms. The summed E-state index contributed by atoms with van der Waals surface area (Å²) in [4.78, 5) is 13.4. The van der Waals surface area contributed by atoms with Gasteiger partial charge in [0.15, 0.2) is 5.69 Å². The van der Waals surface area contributed by atoms with Gasteiger partial charge in [-0.1, -0.05) is 47.3 Å². The molecule has 0 bridgehead atoms. The number of rotatable bonds is 3. The summed E-state index contributed by atoms with van der Waals surface area (Å²) in [5, 5.41) is 8.45. The predicted molar refractivity (Wildman–Crippen MR) is 129 cm³/mol. The van der Waals surface area contributed by atoms with E-state index in [1.807, 2.05) is 23.2 Å². The largest absolute Gasteiger partial charge is 0.286 e. The number of carbonyl (C=O) groups is 1. The molecule has 1 fully saturated rings. The van der Waals surface area contributed by atoms with Gasteiger partial charge in [-0.15, -0.1) is 0 Å². The number of nitrogens with one attached hydrogen (secondary N) is 1. The van der Waals surface area contributed by atoms with Crippen LogP contribution in [-0.4, -0.2) is 33.8 Å². The number of amides is 1. The molecule has 1 aromatic heterocycles. The average molecular weight is 490 g/mol. The summed E-state index contributed by atoms with van der Waals surface area (Å²) in [6.45, 7) is 1.71. The molecule has 0 unspecified atom stereocenters. The van der Waals surface area contributed by atoms with Crippen molar-refractivity contribution in [1.29, 1.82) is 0 Å². The van der Waals surface area contributed by atoms with Crippen molar-refractivity contribution in [1.82, 2.24) is 20.2 Å². The lowest BCUT2D eigenvalue weighted by Gasteiger charge is -2.26. The fraction of sp³-hybridized carbons (Fsp3) is 0.333. The Hall–Kier alpha value is -2.05. The minimum absolute atomic E-state index is 0.183. The van der Waals surface area contributed by atoms with Gasteiger partial charge in [-0.05, 0) is 68.0 Å². The van der Waals surface area contributed by atoms with Crippen molar-refractivity contribution in [2.45, 2.75) is 38.5 Å². The summed E-state index contributed by atoms with van der Waals surface area (Å²) in [7, 11) is 0. The molecule has 1 saturated heterocycles. The van der Waals surface area contributed by atoms with Crippen molar-refractivity contribution >= 4 is 40.7 Å². The Bertz CT molecular complexity index is 1180. The molecule has 166 valence electrons. The van der Waals surface area contributed by atoms with Crippen LogP contribution in [-0.2, 0) is 12.8 Å². The molecule has 1 amide bonds. The zero-order valence-corrected chi connectivity index (χ0v) is 19.8. The quantitative estimate of drug-likeness (QED) is 0.482. The molecular formula is C24H23Cl3N4O. The first-order valence-electron chi connectivity index (χ1n) is 10.9. The fourth-order valence-corrected chi connectivity index (χ4v) is 5.28. The van der Waals surface area contributed by atoms with Gasteiger partial charge in [0.1, 0.15) is 0 Å². The maximum absolute atomic E-state index is 13.4. The SMILES string of the molecule is O=C(NN1CCCCC1)c1nn(-c2ccc(Cl)cc2Cl)c2c1CCCc1ccc(Cl)cc1-2. The number of aryl methyl sites for hydroxylation is 1. The Morgan fingerprint density at radius 3 is 2.44 bits per heavy atom. The van der Waals surface area contributed by atoms with Gasteiger partial charge in [0, 0.05) is 34.3 Å². The van der Waals surface area contributed by atoms with Gasteiger partial charge in [0.25, 0.3) is 5.91 Å². The zero-order chi connectivity index (χ0) is 22.2. The van der Waals surface area contributed by atoms with E-state index >= 15 is 0 Å². The zero-order valence-electron chi connectivity index (χ0n) is 17.5. The van der Waals surface area contributed by atoms with Crippen LogP contribution >= 0.6 is 34.8 Å². The van der Waals surface area contributed by atoms with E-state index in [0.29, 0.717) is 26.4 Å². The highest BCUT2D eigenvalue weighted by Crippen LogP contribution is 2.39. The van der Waals surface area contributed by atoms with Crippen LogP contribution in [0.25, 0.3) is 16.9 Å². The Labute approximate surface area is 202 Å². The van der Waals surface area contributed by atoms with Gasteiger partial charge in [-0.25, -0.2) is 9.69 Å². The van der Waals surface area contributed by atoms with Crippen LogP contribution in [0.4, 0.5) is 0 Å². The first-order valence-corrected chi connectivity index (χ1v) is 12.1. The molecule has 8 heteroatoms. The third-order valence-corrected chi connectivity index (χ3v) is 6.93. The average Bonchev–Trinajstić information content (AvgIpc) is 3.04. The van der Waals surface area contributed by atoms with E-state index in [1.54, 1.807) is 16.8 Å². The summed E-state index contributed by atoms with van der Waals surface area (Å²) in [5.41, 5.74) is 8.14. The number of aromatic nitrogens is 2. The lowest BCUT2D eigenvalue weighted by molar-refractivity contribution is 0.0743. The molecule has 2 aromatic carbocycles. The minimum Gasteiger partial charge on any atom is -0.283 e. The highest BCUT2D eigenvalue weighted by molar-refractivity contribution is 6.35. The number of benzene rings is 2. The van der Waals surface area contributed by atoms with Crippen LogP contribution < -0.4 is 5.43 Å². The molecule has 1 aliphatic heterocycles. The minimum atomic E-state index is -0.183. The first-order chi connectivity index (χ1) is 15.5. The molecule has 2 aliphatic rings. The maximum Gasteiger partial charge on any atom is 0.286 e. The second-order valence-corrected chi connectivity index (χ2v) is 9.61. The predicted octanol–water partition coefficient (Wildman–Crippen LogP) is 6.12. The number of piperidine rings is 1. The van der Waals surface area contributed by atoms with Gasteiger partial charge in [-0.3, -0.25) is 10.2 Å². The molecule has 0 saturated carbocycles. The van der Waals surface area contributed by atoms with E-state index in [1.165, 1.54) is 12.0 Å². The second kappa shape index (κ2) is 9.06. The summed E-state index contributed by atoms with van der Waals surface area (Å²) in [6, 6.07) is 11.2. The molecule has 32 heavy (non-hydrogen) atoms. The molecule has 0 atom stereocenters. The van der Waals surface area contributed by atoms with Gasteiger partial charge in [0.05, 0.1) is 16.4 Å². The van der Waals surface area contributed by atoms with Crippen LogP contribution in [0.5, 0.6) is 0 Å². The first kappa shape index (κ1) is 21.8. The maximum atomic E-state index is 13.4. The van der Waals surface area contributed by atoms with Crippen molar-refractivity contribution in [2.24, 2.45) is 0 Å². The molecule has 5 nitrogen and oxygen atoms in total. The lowest BCUT2D eigenvalue weighted by Crippen LogP contribution is -2.45. The van der Waals surface area contributed by atoms with Gasteiger partial charge < -0.3 is 0 Å². The van der Waals surface area contributed by atoms with Crippen LogP contribution in [0.2, 0.25) is 15.1 Å². The molecule has 0 radical (unpaired) electrons. The van der Waals surface area contributed by atoms with Crippen molar-refractivity contribution in [2.75, 3.05) is 13.1 Å². The Balaban J connectivity index is 1.67. The molecule has 1 aliphatic carbocycles. The van der Waals surface area contributed by atoms with E-state index in [2.05, 4.69) is 11.5 Å². The second-order valence-electron chi connectivity index (χ2n) is 8.33. The smallest absolute Gasteiger partial charge is 0.283 e. The number of carbonyl (C=O) groups excluding carboxylic acids is 1. The van der Waals surface area contributed by atoms with Crippen molar-refractivity contribution in [3.63, 3.8) is 0 Å². The third kappa shape index (κ3) is 4.15. The van der Waals surface area contributed by atoms with Crippen molar-refractivity contribution < 1.29 is 4.79 Å². The summed E-state index contributed by atoms with van der Waals surface area (Å²) in [5.74, 6) is -0.183.